The van der Waals surface area contributed by atoms with Gasteiger partial charge in [0, 0.05) is 5.69 Å². The lowest BCUT2D eigenvalue weighted by atomic mass is 9.81. The van der Waals surface area contributed by atoms with Gasteiger partial charge in [0.15, 0.2) is 0 Å². The summed E-state index contributed by atoms with van der Waals surface area (Å²) < 4.78 is 37.9. The summed E-state index contributed by atoms with van der Waals surface area (Å²) in [5, 5.41) is 5.94. The molecule has 0 spiro atoms. The predicted octanol–water partition coefficient (Wildman–Crippen LogP) is 3.97. The van der Waals surface area contributed by atoms with Crippen LogP contribution in [-0.4, -0.2) is 24.7 Å². The number of hydrogen-bond acceptors (Lipinski definition) is 2. The minimum atomic E-state index is -4.07. The van der Waals surface area contributed by atoms with E-state index >= 15 is 0 Å². The average molecular weight is 328 g/mol. The van der Waals surface area contributed by atoms with Crippen LogP contribution < -0.4 is 10.6 Å². The molecule has 1 aliphatic rings. The maximum atomic E-state index is 12.6. The molecule has 23 heavy (non-hydrogen) atoms. The molecule has 2 rings (SSSR count). The highest BCUT2D eigenvalue weighted by atomic mass is 19.4. The van der Waals surface area contributed by atoms with Crippen molar-refractivity contribution in [3.8, 4) is 0 Å². The fraction of sp³-hybridized carbons (Fsp3) is 0.588. The van der Waals surface area contributed by atoms with Crippen molar-refractivity contribution in [1.82, 2.24) is 5.32 Å². The standard InChI is InChI=1S/C17H23F3N2O/c1-12(16(23)22-15-5-3-2-4-6-15)21-11-13-7-9-14(10-8-13)17(18,19)20/h2-6,12-14,21H,7-11H2,1H3,(H,22,23). The molecule has 3 nitrogen and oxygen atoms in total. The molecule has 1 atom stereocenters. The van der Waals surface area contributed by atoms with E-state index in [9.17, 15) is 18.0 Å². The van der Waals surface area contributed by atoms with Gasteiger partial charge in [0.2, 0.25) is 5.91 Å². The van der Waals surface area contributed by atoms with Crippen LogP contribution in [0.25, 0.3) is 0 Å². The summed E-state index contributed by atoms with van der Waals surface area (Å²) in [5.41, 5.74) is 0.733. The van der Waals surface area contributed by atoms with Crippen LogP contribution in [0, 0.1) is 11.8 Å². The molecule has 2 N–H and O–H groups in total. The van der Waals surface area contributed by atoms with Crippen molar-refractivity contribution >= 4 is 11.6 Å². The second kappa shape index (κ2) is 7.81. The van der Waals surface area contributed by atoms with Gasteiger partial charge in [-0.05, 0) is 57.2 Å². The zero-order valence-electron chi connectivity index (χ0n) is 13.2. The highest BCUT2D eigenvalue weighted by Gasteiger charge is 2.41. The summed E-state index contributed by atoms with van der Waals surface area (Å²) in [6.45, 7) is 2.34. The number of para-hydroxylation sites is 1. The molecule has 6 heteroatoms. The van der Waals surface area contributed by atoms with Crippen molar-refractivity contribution in [1.29, 1.82) is 0 Å². The van der Waals surface area contributed by atoms with Crippen molar-refractivity contribution in [3.63, 3.8) is 0 Å². The van der Waals surface area contributed by atoms with Crippen LogP contribution in [-0.2, 0) is 4.79 Å². The smallest absolute Gasteiger partial charge is 0.325 e. The molecular formula is C17H23F3N2O. The Bertz CT molecular complexity index is 496. The molecule has 0 radical (unpaired) electrons. The first kappa shape index (κ1) is 17.8. The number of carbonyl (C=O) groups excluding carboxylic acids is 1. The number of alkyl halides is 3. The van der Waals surface area contributed by atoms with Gasteiger partial charge in [-0.15, -0.1) is 0 Å². The molecule has 0 aliphatic heterocycles. The average Bonchev–Trinajstić information content (AvgIpc) is 2.53. The summed E-state index contributed by atoms with van der Waals surface area (Å²) in [5.74, 6) is -1.08. The zero-order valence-corrected chi connectivity index (χ0v) is 13.2. The molecular weight excluding hydrogens is 305 g/mol. The molecule has 1 aromatic rings. The van der Waals surface area contributed by atoms with Crippen LogP contribution in [0.2, 0.25) is 0 Å². The lowest BCUT2D eigenvalue weighted by molar-refractivity contribution is -0.183. The Labute approximate surface area is 134 Å². The summed E-state index contributed by atoms with van der Waals surface area (Å²) in [6.07, 6.45) is -2.56. The van der Waals surface area contributed by atoms with Crippen LogP contribution in [0.3, 0.4) is 0 Å². The Kier molecular flexibility index (Phi) is 6.04. The number of amides is 1. The fourth-order valence-corrected chi connectivity index (χ4v) is 2.90. The van der Waals surface area contributed by atoms with Crippen molar-refractivity contribution in [2.45, 2.75) is 44.8 Å². The first-order valence-corrected chi connectivity index (χ1v) is 8.02. The summed E-state index contributed by atoms with van der Waals surface area (Å²) >= 11 is 0. The third-order valence-corrected chi connectivity index (χ3v) is 4.46. The molecule has 1 fully saturated rings. The molecule has 0 heterocycles. The molecule has 0 aromatic heterocycles. The number of halogens is 3. The molecule has 0 bridgehead atoms. The van der Waals surface area contributed by atoms with E-state index in [1.54, 1.807) is 6.92 Å². The maximum Gasteiger partial charge on any atom is 0.391 e. The first-order chi connectivity index (χ1) is 10.9. The lowest BCUT2D eigenvalue weighted by Crippen LogP contribution is -2.41. The largest absolute Gasteiger partial charge is 0.391 e. The van der Waals surface area contributed by atoms with Crippen LogP contribution in [0.4, 0.5) is 18.9 Å². The van der Waals surface area contributed by atoms with E-state index in [0.29, 0.717) is 19.4 Å². The Morgan fingerprint density at radius 2 is 1.78 bits per heavy atom. The summed E-state index contributed by atoms with van der Waals surface area (Å²) in [4.78, 5) is 12.0. The highest BCUT2D eigenvalue weighted by Crippen LogP contribution is 2.39. The van der Waals surface area contributed by atoms with E-state index in [1.165, 1.54) is 0 Å². The molecule has 1 saturated carbocycles. The molecule has 1 amide bonds. The van der Waals surface area contributed by atoms with Crippen LogP contribution in [0.5, 0.6) is 0 Å². The van der Waals surface area contributed by atoms with E-state index in [0.717, 1.165) is 5.69 Å². The minimum Gasteiger partial charge on any atom is -0.325 e. The Balaban J connectivity index is 1.71. The van der Waals surface area contributed by atoms with Gasteiger partial charge in [-0.1, -0.05) is 18.2 Å². The van der Waals surface area contributed by atoms with Gasteiger partial charge >= 0.3 is 6.18 Å². The number of anilines is 1. The molecule has 0 saturated heterocycles. The number of hydrogen-bond donors (Lipinski definition) is 2. The summed E-state index contributed by atoms with van der Waals surface area (Å²) in [7, 11) is 0. The number of carbonyl (C=O) groups is 1. The first-order valence-electron chi connectivity index (χ1n) is 8.02. The predicted molar refractivity (Wildman–Crippen MR) is 84.0 cm³/mol. The Morgan fingerprint density at radius 3 is 2.35 bits per heavy atom. The van der Waals surface area contributed by atoms with Crippen molar-refractivity contribution in [3.05, 3.63) is 30.3 Å². The number of rotatable bonds is 5. The third-order valence-electron chi connectivity index (χ3n) is 4.46. The van der Waals surface area contributed by atoms with Gasteiger partial charge < -0.3 is 10.6 Å². The van der Waals surface area contributed by atoms with Crippen molar-refractivity contribution in [2.75, 3.05) is 11.9 Å². The van der Waals surface area contributed by atoms with E-state index in [1.807, 2.05) is 30.3 Å². The quantitative estimate of drug-likeness (QED) is 0.859. The van der Waals surface area contributed by atoms with Crippen LogP contribution >= 0.6 is 0 Å². The second-order valence-electron chi connectivity index (χ2n) is 6.24. The van der Waals surface area contributed by atoms with Gasteiger partial charge in [0.1, 0.15) is 0 Å². The van der Waals surface area contributed by atoms with E-state index in [4.69, 9.17) is 0 Å². The van der Waals surface area contributed by atoms with Gasteiger partial charge in [-0.2, -0.15) is 13.2 Å². The molecule has 128 valence electrons. The highest BCUT2D eigenvalue weighted by molar-refractivity contribution is 5.94. The Hall–Kier alpha value is -1.56. The van der Waals surface area contributed by atoms with Gasteiger partial charge in [-0.3, -0.25) is 4.79 Å². The minimum absolute atomic E-state index is 0.139. The SMILES string of the molecule is CC(NCC1CCC(C(F)(F)F)CC1)C(=O)Nc1ccccc1. The summed E-state index contributed by atoms with van der Waals surface area (Å²) in [6, 6.07) is 8.79. The monoisotopic (exact) mass is 328 g/mol. The van der Waals surface area contributed by atoms with E-state index in [2.05, 4.69) is 10.6 Å². The van der Waals surface area contributed by atoms with Gasteiger partial charge in [0.25, 0.3) is 0 Å². The zero-order chi connectivity index (χ0) is 16.9. The lowest BCUT2D eigenvalue weighted by Gasteiger charge is -2.30. The van der Waals surface area contributed by atoms with Crippen molar-refractivity contribution < 1.29 is 18.0 Å². The third kappa shape index (κ3) is 5.53. The van der Waals surface area contributed by atoms with Crippen molar-refractivity contribution in [2.24, 2.45) is 11.8 Å². The fourth-order valence-electron chi connectivity index (χ4n) is 2.90. The molecule has 1 unspecified atom stereocenters. The molecule has 1 aromatic carbocycles. The Morgan fingerprint density at radius 1 is 1.17 bits per heavy atom. The van der Waals surface area contributed by atoms with Gasteiger partial charge in [-0.25, -0.2) is 0 Å². The van der Waals surface area contributed by atoms with E-state index in [-0.39, 0.29) is 30.7 Å². The van der Waals surface area contributed by atoms with Crippen LogP contribution in [0.15, 0.2) is 30.3 Å². The van der Waals surface area contributed by atoms with E-state index < -0.39 is 12.1 Å². The van der Waals surface area contributed by atoms with Crippen LogP contribution in [0.1, 0.15) is 32.6 Å². The van der Waals surface area contributed by atoms with Gasteiger partial charge in [0.05, 0.1) is 12.0 Å². The maximum absolute atomic E-state index is 12.6. The topological polar surface area (TPSA) is 41.1 Å². The normalized spacial score (nSPS) is 23.3. The number of benzene rings is 1. The number of nitrogens with one attached hydrogen (secondary N) is 2. The molecule has 1 aliphatic carbocycles. The second-order valence-corrected chi connectivity index (χ2v) is 6.24.